The van der Waals surface area contributed by atoms with Gasteiger partial charge >= 0.3 is 0 Å². The number of halogens is 2. The first-order valence-electron chi connectivity index (χ1n) is 5.18. The molecule has 1 atom stereocenters. The third-order valence-electron chi connectivity index (χ3n) is 2.19. The Morgan fingerprint density at radius 2 is 2.13 bits per heavy atom. The molecule has 0 spiro atoms. The largest absolute Gasteiger partial charge is 0.491 e. The van der Waals surface area contributed by atoms with Crippen LogP contribution in [0.4, 0.5) is 0 Å². The summed E-state index contributed by atoms with van der Waals surface area (Å²) in [6.45, 7) is 4.28. The van der Waals surface area contributed by atoms with E-state index in [0.29, 0.717) is 6.10 Å². The van der Waals surface area contributed by atoms with Gasteiger partial charge in [0.05, 0.1) is 6.10 Å². The maximum atomic E-state index is 5.81. The molecule has 1 unspecified atom stereocenters. The third-order valence-corrected chi connectivity index (χ3v) is 3.57. The van der Waals surface area contributed by atoms with Crippen LogP contribution in [0.15, 0.2) is 22.7 Å². The summed E-state index contributed by atoms with van der Waals surface area (Å²) in [5, 5.41) is 0.840. The first kappa shape index (κ1) is 13.0. The SMILES string of the molecule is CCCC(C)Oc1ccc(Br)c(CBr)c1. The molecule has 0 bridgehead atoms. The Hall–Kier alpha value is -0.0200. The van der Waals surface area contributed by atoms with Gasteiger partial charge in [0, 0.05) is 9.80 Å². The van der Waals surface area contributed by atoms with Crippen LogP contribution in [0.25, 0.3) is 0 Å². The van der Waals surface area contributed by atoms with Crippen LogP contribution in [0.3, 0.4) is 0 Å². The number of ether oxygens (including phenoxy) is 1. The summed E-state index contributed by atoms with van der Waals surface area (Å²) in [6.07, 6.45) is 2.54. The summed E-state index contributed by atoms with van der Waals surface area (Å²) >= 11 is 6.96. The van der Waals surface area contributed by atoms with E-state index in [-0.39, 0.29) is 0 Å². The van der Waals surface area contributed by atoms with Crippen LogP contribution in [0.2, 0.25) is 0 Å². The second-order valence-corrected chi connectivity index (χ2v) is 5.02. The fourth-order valence-electron chi connectivity index (χ4n) is 1.42. The predicted molar refractivity (Wildman–Crippen MR) is 71.8 cm³/mol. The standard InChI is InChI=1S/C12H16Br2O/c1-3-4-9(2)15-11-5-6-12(14)10(7-11)8-13/h5-7,9H,3-4,8H2,1-2H3. The minimum Gasteiger partial charge on any atom is -0.491 e. The van der Waals surface area contributed by atoms with Gasteiger partial charge in [-0.15, -0.1) is 0 Å². The molecule has 0 aromatic heterocycles. The molecular weight excluding hydrogens is 320 g/mol. The maximum Gasteiger partial charge on any atom is 0.120 e. The Bertz CT molecular complexity index is 312. The van der Waals surface area contributed by atoms with Gasteiger partial charge in [-0.25, -0.2) is 0 Å². The molecule has 1 nitrogen and oxygen atoms in total. The fourth-order valence-corrected chi connectivity index (χ4v) is 2.65. The molecular formula is C12H16Br2O. The van der Waals surface area contributed by atoms with Crippen molar-refractivity contribution in [2.75, 3.05) is 0 Å². The molecule has 84 valence electrons. The summed E-state index contributed by atoms with van der Waals surface area (Å²) in [5.41, 5.74) is 1.22. The first-order valence-corrected chi connectivity index (χ1v) is 7.09. The van der Waals surface area contributed by atoms with Gasteiger partial charge in [-0.1, -0.05) is 45.2 Å². The number of benzene rings is 1. The highest BCUT2D eigenvalue weighted by atomic mass is 79.9. The minimum absolute atomic E-state index is 0.291. The molecule has 1 rings (SSSR count). The molecule has 0 saturated heterocycles. The Kier molecular flexibility index (Phi) is 5.69. The van der Waals surface area contributed by atoms with Gasteiger partial charge in [0.25, 0.3) is 0 Å². The summed E-state index contributed by atoms with van der Waals surface area (Å²) in [4.78, 5) is 0. The van der Waals surface area contributed by atoms with Crippen LogP contribution in [0, 0.1) is 0 Å². The normalized spacial score (nSPS) is 12.5. The van der Waals surface area contributed by atoms with Crippen molar-refractivity contribution < 1.29 is 4.74 Å². The lowest BCUT2D eigenvalue weighted by Crippen LogP contribution is -2.10. The molecule has 0 fully saturated rings. The summed E-state index contributed by atoms with van der Waals surface area (Å²) in [7, 11) is 0. The van der Waals surface area contributed by atoms with E-state index < -0.39 is 0 Å². The zero-order valence-electron chi connectivity index (χ0n) is 9.09. The number of hydrogen-bond donors (Lipinski definition) is 0. The average molecular weight is 336 g/mol. The highest BCUT2D eigenvalue weighted by molar-refractivity contribution is 9.10. The Morgan fingerprint density at radius 3 is 2.73 bits per heavy atom. The van der Waals surface area contributed by atoms with E-state index in [1.165, 1.54) is 5.56 Å². The Balaban J connectivity index is 2.69. The molecule has 0 heterocycles. The van der Waals surface area contributed by atoms with E-state index in [9.17, 15) is 0 Å². The van der Waals surface area contributed by atoms with Crippen LogP contribution in [0.5, 0.6) is 5.75 Å². The van der Waals surface area contributed by atoms with E-state index >= 15 is 0 Å². The highest BCUT2D eigenvalue weighted by Crippen LogP contribution is 2.25. The lowest BCUT2D eigenvalue weighted by molar-refractivity contribution is 0.210. The second kappa shape index (κ2) is 6.54. The second-order valence-electron chi connectivity index (χ2n) is 3.60. The highest BCUT2D eigenvalue weighted by Gasteiger charge is 2.05. The zero-order valence-corrected chi connectivity index (χ0v) is 12.3. The molecule has 0 aliphatic heterocycles. The van der Waals surface area contributed by atoms with Crippen molar-refractivity contribution in [1.82, 2.24) is 0 Å². The monoisotopic (exact) mass is 334 g/mol. The van der Waals surface area contributed by atoms with Crippen LogP contribution in [-0.4, -0.2) is 6.10 Å². The summed E-state index contributed by atoms with van der Waals surface area (Å²) < 4.78 is 6.93. The van der Waals surface area contributed by atoms with Gasteiger partial charge in [0.15, 0.2) is 0 Å². The van der Waals surface area contributed by atoms with Crippen molar-refractivity contribution in [3.05, 3.63) is 28.2 Å². The van der Waals surface area contributed by atoms with E-state index in [2.05, 4.69) is 51.8 Å². The van der Waals surface area contributed by atoms with Crippen LogP contribution < -0.4 is 4.74 Å². The first-order chi connectivity index (χ1) is 7.17. The van der Waals surface area contributed by atoms with Gasteiger partial charge in [0.1, 0.15) is 5.75 Å². The van der Waals surface area contributed by atoms with Crippen molar-refractivity contribution in [3.8, 4) is 5.75 Å². The lowest BCUT2D eigenvalue weighted by Gasteiger charge is -2.14. The molecule has 0 aliphatic carbocycles. The van der Waals surface area contributed by atoms with Crippen molar-refractivity contribution in [3.63, 3.8) is 0 Å². The molecule has 0 saturated carbocycles. The van der Waals surface area contributed by atoms with Gasteiger partial charge in [0.2, 0.25) is 0 Å². The lowest BCUT2D eigenvalue weighted by atomic mass is 10.2. The van der Waals surface area contributed by atoms with E-state index in [4.69, 9.17) is 4.74 Å². The maximum absolute atomic E-state index is 5.81. The van der Waals surface area contributed by atoms with E-state index in [0.717, 1.165) is 28.4 Å². The molecule has 3 heteroatoms. The summed E-state index contributed by atoms with van der Waals surface area (Å²) in [5.74, 6) is 0.952. The number of hydrogen-bond acceptors (Lipinski definition) is 1. The van der Waals surface area contributed by atoms with Crippen molar-refractivity contribution in [1.29, 1.82) is 0 Å². The number of rotatable bonds is 5. The zero-order chi connectivity index (χ0) is 11.3. The summed E-state index contributed by atoms with van der Waals surface area (Å²) in [6, 6.07) is 6.11. The number of alkyl halides is 1. The fraction of sp³-hybridized carbons (Fsp3) is 0.500. The van der Waals surface area contributed by atoms with Gasteiger partial charge in [-0.05, 0) is 37.1 Å². The van der Waals surface area contributed by atoms with Crippen LogP contribution in [-0.2, 0) is 5.33 Å². The van der Waals surface area contributed by atoms with Crippen molar-refractivity contribution in [2.24, 2.45) is 0 Å². The predicted octanol–water partition coefficient (Wildman–Crippen LogP) is 4.91. The van der Waals surface area contributed by atoms with Gasteiger partial charge < -0.3 is 4.74 Å². The quantitative estimate of drug-likeness (QED) is 0.694. The van der Waals surface area contributed by atoms with Crippen molar-refractivity contribution in [2.45, 2.75) is 38.1 Å². The third kappa shape index (κ3) is 4.15. The van der Waals surface area contributed by atoms with Crippen LogP contribution >= 0.6 is 31.9 Å². The average Bonchev–Trinajstić information content (AvgIpc) is 2.21. The van der Waals surface area contributed by atoms with E-state index in [1.54, 1.807) is 0 Å². The molecule has 1 aromatic carbocycles. The molecule has 0 amide bonds. The van der Waals surface area contributed by atoms with E-state index in [1.807, 2.05) is 12.1 Å². The van der Waals surface area contributed by atoms with Gasteiger partial charge in [-0.2, -0.15) is 0 Å². The molecule has 0 radical (unpaired) electrons. The molecule has 0 aliphatic rings. The Morgan fingerprint density at radius 1 is 1.40 bits per heavy atom. The minimum atomic E-state index is 0.291. The Labute approximate surface area is 108 Å². The van der Waals surface area contributed by atoms with Crippen LogP contribution in [0.1, 0.15) is 32.3 Å². The molecule has 1 aromatic rings. The topological polar surface area (TPSA) is 9.23 Å². The van der Waals surface area contributed by atoms with Crippen molar-refractivity contribution >= 4 is 31.9 Å². The molecule has 15 heavy (non-hydrogen) atoms. The van der Waals surface area contributed by atoms with Gasteiger partial charge in [-0.3, -0.25) is 0 Å². The molecule has 0 N–H and O–H groups in total. The smallest absolute Gasteiger partial charge is 0.120 e.